The lowest BCUT2D eigenvalue weighted by Crippen LogP contribution is -2.42. The van der Waals surface area contributed by atoms with E-state index in [1.54, 1.807) is 4.90 Å². The van der Waals surface area contributed by atoms with Gasteiger partial charge in [0, 0.05) is 24.8 Å². The van der Waals surface area contributed by atoms with Crippen molar-refractivity contribution >= 4 is 5.69 Å². The zero-order valence-electron chi connectivity index (χ0n) is 13.9. The Morgan fingerprint density at radius 1 is 1.12 bits per heavy atom. The maximum atomic E-state index is 13.1. The van der Waals surface area contributed by atoms with Crippen LogP contribution in [0.3, 0.4) is 0 Å². The molecule has 1 aromatic heterocycles. The largest absolute Gasteiger partial charge is 0.418 e. The van der Waals surface area contributed by atoms with Crippen molar-refractivity contribution in [2.75, 3.05) is 31.2 Å². The first-order valence-corrected chi connectivity index (χ1v) is 8.22. The summed E-state index contributed by atoms with van der Waals surface area (Å²) in [7, 11) is 0. The highest BCUT2D eigenvalue weighted by atomic mass is 19.4. The molecule has 26 heavy (non-hydrogen) atoms. The summed E-state index contributed by atoms with van der Waals surface area (Å²) in [4.78, 5) is 14.5. The first-order chi connectivity index (χ1) is 12.4. The number of alkyl halides is 3. The van der Waals surface area contributed by atoms with Crippen molar-refractivity contribution in [3.05, 3.63) is 64.1 Å². The maximum Gasteiger partial charge on any atom is 0.418 e. The first kappa shape index (κ1) is 18.5. The normalized spacial score (nSPS) is 16.5. The SMILES string of the molecule is O=c1c(N2CCOCC2)c(C(O)C(F)(F)F)ccn1Cc1ccccc1. The van der Waals surface area contributed by atoms with Gasteiger partial charge in [-0.15, -0.1) is 0 Å². The lowest BCUT2D eigenvalue weighted by Gasteiger charge is -2.31. The third-order valence-corrected chi connectivity index (χ3v) is 4.30. The average molecular weight is 368 g/mol. The van der Waals surface area contributed by atoms with E-state index in [4.69, 9.17) is 4.74 Å². The molecule has 0 bridgehead atoms. The van der Waals surface area contributed by atoms with Gasteiger partial charge in [-0.2, -0.15) is 13.2 Å². The molecule has 140 valence electrons. The van der Waals surface area contributed by atoms with Gasteiger partial charge in [0.25, 0.3) is 5.56 Å². The minimum atomic E-state index is -4.85. The highest BCUT2D eigenvalue weighted by Gasteiger charge is 2.42. The van der Waals surface area contributed by atoms with Crippen molar-refractivity contribution < 1.29 is 23.0 Å². The Balaban J connectivity index is 2.05. The Morgan fingerprint density at radius 2 is 1.77 bits per heavy atom. The number of aliphatic hydroxyl groups excluding tert-OH is 1. The van der Waals surface area contributed by atoms with E-state index in [0.717, 1.165) is 5.56 Å². The van der Waals surface area contributed by atoms with Crippen LogP contribution in [0.1, 0.15) is 17.2 Å². The molecule has 8 heteroatoms. The summed E-state index contributed by atoms with van der Waals surface area (Å²) in [6.07, 6.45) is -6.26. The molecule has 1 fully saturated rings. The Kier molecular flexibility index (Phi) is 5.33. The molecule has 0 amide bonds. The number of pyridine rings is 1. The first-order valence-electron chi connectivity index (χ1n) is 8.22. The Hall–Kier alpha value is -2.32. The average Bonchev–Trinajstić information content (AvgIpc) is 2.63. The predicted molar refractivity (Wildman–Crippen MR) is 90.3 cm³/mol. The van der Waals surface area contributed by atoms with E-state index in [2.05, 4.69) is 0 Å². The third kappa shape index (κ3) is 3.91. The summed E-state index contributed by atoms with van der Waals surface area (Å²) >= 11 is 0. The van der Waals surface area contributed by atoms with Crippen LogP contribution < -0.4 is 10.5 Å². The standard InChI is InChI=1S/C18H19F3N2O3/c19-18(20,21)16(24)14-6-7-23(12-13-4-2-1-3-5-13)17(25)15(14)22-8-10-26-11-9-22/h1-7,16,24H,8-12H2. The van der Waals surface area contributed by atoms with Crippen LogP contribution in [0, 0.1) is 0 Å². The monoisotopic (exact) mass is 368 g/mol. The Bertz CT molecular complexity index is 800. The minimum Gasteiger partial charge on any atom is -0.379 e. The van der Waals surface area contributed by atoms with Crippen molar-refractivity contribution in [3.8, 4) is 0 Å². The molecule has 0 spiro atoms. The minimum absolute atomic E-state index is 0.114. The second-order valence-electron chi connectivity index (χ2n) is 6.08. The van der Waals surface area contributed by atoms with Gasteiger partial charge in [0.2, 0.25) is 0 Å². The Labute approximate surface area is 148 Å². The molecular formula is C18H19F3N2O3. The van der Waals surface area contributed by atoms with Crippen LogP contribution in [0.4, 0.5) is 18.9 Å². The molecular weight excluding hydrogens is 349 g/mol. The van der Waals surface area contributed by atoms with Gasteiger partial charge >= 0.3 is 6.18 Å². The van der Waals surface area contributed by atoms with Crippen LogP contribution >= 0.6 is 0 Å². The van der Waals surface area contributed by atoms with Gasteiger partial charge in [-0.3, -0.25) is 4.79 Å². The van der Waals surface area contributed by atoms with Gasteiger partial charge in [-0.25, -0.2) is 0 Å². The zero-order chi connectivity index (χ0) is 18.7. The summed E-state index contributed by atoms with van der Waals surface area (Å²) in [6, 6.07) is 10.3. The molecule has 0 saturated carbocycles. The van der Waals surface area contributed by atoms with Gasteiger partial charge in [-0.1, -0.05) is 30.3 Å². The second kappa shape index (κ2) is 7.51. The van der Waals surface area contributed by atoms with E-state index in [1.807, 2.05) is 30.3 Å². The van der Waals surface area contributed by atoms with E-state index in [0.29, 0.717) is 26.3 Å². The quantitative estimate of drug-likeness (QED) is 0.900. The van der Waals surface area contributed by atoms with Crippen molar-refractivity contribution in [2.24, 2.45) is 0 Å². The highest BCUT2D eigenvalue weighted by molar-refractivity contribution is 5.54. The van der Waals surface area contributed by atoms with Crippen molar-refractivity contribution in [1.29, 1.82) is 0 Å². The van der Waals surface area contributed by atoms with Gasteiger partial charge in [0.15, 0.2) is 6.10 Å². The number of nitrogens with zero attached hydrogens (tertiary/aromatic N) is 2. The molecule has 2 heterocycles. The number of halogens is 3. The van der Waals surface area contributed by atoms with E-state index in [-0.39, 0.29) is 12.2 Å². The maximum absolute atomic E-state index is 13.1. The molecule has 2 aromatic rings. The van der Waals surface area contributed by atoms with Gasteiger partial charge in [0.1, 0.15) is 5.69 Å². The van der Waals surface area contributed by atoms with E-state index in [1.165, 1.54) is 16.8 Å². The molecule has 1 aromatic carbocycles. The molecule has 1 atom stereocenters. The van der Waals surface area contributed by atoms with Crippen LogP contribution in [-0.2, 0) is 11.3 Å². The van der Waals surface area contributed by atoms with Gasteiger partial charge < -0.3 is 19.3 Å². The van der Waals surface area contributed by atoms with Crippen molar-refractivity contribution in [2.45, 2.75) is 18.8 Å². The molecule has 1 N–H and O–H groups in total. The van der Waals surface area contributed by atoms with Gasteiger partial charge in [-0.05, 0) is 11.6 Å². The number of aromatic nitrogens is 1. The third-order valence-electron chi connectivity index (χ3n) is 4.30. The number of benzene rings is 1. The summed E-state index contributed by atoms with van der Waals surface area (Å²) in [5.74, 6) is 0. The summed E-state index contributed by atoms with van der Waals surface area (Å²) in [5, 5.41) is 9.74. The number of ether oxygens (including phenoxy) is 1. The predicted octanol–water partition coefficient (Wildman–Crippen LogP) is 2.33. The number of aliphatic hydroxyl groups is 1. The molecule has 3 rings (SSSR count). The molecule has 5 nitrogen and oxygen atoms in total. The summed E-state index contributed by atoms with van der Waals surface area (Å²) in [6.45, 7) is 1.45. The van der Waals surface area contributed by atoms with Gasteiger partial charge in [0.05, 0.1) is 19.8 Å². The molecule has 1 aliphatic rings. The Morgan fingerprint density at radius 3 is 2.38 bits per heavy atom. The number of morpholine rings is 1. The lowest BCUT2D eigenvalue weighted by atomic mass is 10.1. The molecule has 1 saturated heterocycles. The fourth-order valence-corrected chi connectivity index (χ4v) is 2.98. The van der Waals surface area contributed by atoms with Crippen LogP contribution in [0.15, 0.2) is 47.4 Å². The topological polar surface area (TPSA) is 54.7 Å². The van der Waals surface area contributed by atoms with Crippen LogP contribution in [0.5, 0.6) is 0 Å². The number of anilines is 1. The lowest BCUT2D eigenvalue weighted by molar-refractivity contribution is -0.206. The van der Waals surface area contributed by atoms with E-state index in [9.17, 15) is 23.1 Å². The van der Waals surface area contributed by atoms with E-state index >= 15 is 0 Å². The second-order valence-corrected chi connectivity index (χ2v) is 6.08. The smallest absolute Gasteiger partial charge is 0.379 e. The number of rotatable bonds is 4. The van der Waals surface area contributed by atoms with Crippen LogP contribution in [0.2, 0.25) is 0 Å². The molecule has 1 unspecified atom stereocenters. The summed E-state index contributed by atoms with van der Waals surface area (Å²) in [5.41, 5.74) is -0.242. The van der Waals surface area contributed by atoms with Crippen molar-refractivity contribution in [1.82, 2.24) is 4.57 Å². The number of hydrogen-bond acceptors (Lipinski definition) is 4. The molecule has 0 aliphatic carbocycles. The van der Waals surface area contributed by atoms with Crippen LogP contribution in [0.25, 0.3) is 0 Å². The molecule has 0 radical (unpaired) electrons. The fourth-order valence-electron chi connectivity index (χ4n) is 2.98. The summed E-state index contributed by atoms with van der Waals surface area (Å²) < 4.78 is 45.8. The van der Waals surface area contributed by atoms with E-state index < -0.39 is 23.4 Å². The highest BCUT2D eigenvalue weighted by Crippen LogP contribution is 2.36. The van der Waals surface area contributed by atoms with Crippen molar-refractivity contribution in [3.63, 3.8) is 0 Å². The molecule has 1 aliphatic heterocycles. The zero-order valence-corrected chi connectivity index (χ0v) is 13.9. The van der Waals surface area contributed by atoms with Crippen LogP contribution in [-0.4, -0.2) is 42.2 Å². The number of hydrogen-bond donors (Lipinski definition) is 1. The fraction of sp³-hybridized carbons (Fsp3) is 0.389.